The van der Waals surface area contributed by atoms with Crippen LogP contribution in [0.3, 0.4) is 0 Å². The summed E-state index contributed by atoms with van der Waals surface area (Å²) in [5.74, 6) is -0.677. The molecule has 2 rings (SSSR count). The van der Waals surface area contributed by atoms with Crippen LogP contribution in [0.15, 0.2) is 36.4 Å². The summed E-state index contributed by atoms with van der Waals surface area (Å²) in [6.07, 6.45) is -12.5. The molecule has 0 aliphatic carbocycles. The molecule has 0 aliphatic heterocycles. The molecule has 184 valence electrons. The molecule has 0 saturated heterocycles. The van der Waals surface area contributed by atoms with Gasteiger partial charge in [0.05, 0.1) is 6.07 Å². The maximum absolute atomic E-state index is 14.3. The van der Waals surface area contributed by atoms with Gasteiger partial charge in [0.15, 0.2) is 0 Å². The smallest absolute Gasteiger partial charge is 0.322 e. The van der Waals surface area contributed by atoms with E-state index in [0.29, 0.717) is 17.7 Å². The van der Waals surface area contributed by atoms with Crippen LogP contribution in [-0.2, 0) is 12.2 Å². The van der Waals surface area contributed by atoms with Crippen LogP contribution in [-0.4, -0.2) is 23.8 Å². The van der Waals surface area contributed by atoms with Gasteiger partial charge < -0.3 is 5.32 Å². The highest BCUT2D eigenvalue weighted by Gasteiger charge is 2.73. The van der Waals surface area contributed by atoms with Crippen molar-refractivity contribution in [2.75, 3.05) is 5.32 Å². The molecule has 11 heteroatoms. The fraction of sp³-hybridized carbons (Fsp3) is 0.391. The van der Waals surface area contributed by atoms with Crippen molar-refractivity contribution in [1.29, 1.82) is 5.26 Å². The molecule has 0 heterocycles. The minimum absolute atomic E-state index is 0.0850. The van der Waals surface area contributed by atoms with Crippen molar-refractivity contribution >= 4 is 11.6 Å². The largest absolute Gasteiger partial charge is 0.435 e. The van der Waals surface area contributed by atoms with Crippen molar-refractivity contribution in [3.63, 3.8) is 0 Å². The Morgan fingerprint density at radius 3 is 2.03 bits per heavy atom. The number of rotatable bonds is 6. The minimum Gasteiger partial charge on any atom is -0.322 e. The lowest BCUT2D eigenvalue weighted by Crippen LogP contribution is -2.50. The molecule has 2 aromatic rings. The van der Waals surface area contributed by atoms with Crippen molar-refractivity contribution in [3.8, 4) is 6.07 Å². The number of halogens is 7. The fourth-order valence-corrected chi connectivity index (χ4v) is 3.19. The van der Waals surface area contributed by atoms with E-state index in [1.807, 2.05) is 0 Å². The third-order valence-electron chi connectivity index (χ3n) is 5.30. The summed E-state index contributed by atoms with van der Waals surface area (Å²) in [5.41, 5.74) is -6.91. The molecule has 0 saturated carbocycles. The zero-order valence-corrected chi connectivity index (χ0v) is 18.7. The van der Waals surface area contributed by atoms with E-state index in [0.717, 1.165) is 18.6 Å². The quantitative estimate of drug-likeness (QED) is 0.473. The Hall–Kier alpha value is -3.13. The van der Waals surface area contributed by atoms with Gasteiger partial charge in [-0.3, -0.25) is 10.1 Å². The molecular formula is C23H22F7N3O. The highest BCUT2D eigenvalue weighted by Crippen LogP contribution is 2.53. The summed E-state index contributed by atoms with van der Waals surface area (Å²) < 4.78 is 92.5. The van der Waals surface area contributed by atoms with Crippen LogP contribution < -0.4 is 10.6 Å². The number of alkyl halides is 7. The van der Waals surface area contributed by atoms with Crippen LogP contribution in [0.2, 0.25) is 0 Å². The highest BCUT2D eigenvalue weighted by atomic mass is 19.4. The SMILES string of the molecule is Cc1cc(C(F)(C(F)(F)F)C(F)(F)F)ccc1NC(=O)c1cccc(C)c1CNC(C)(C)C#N. The van der Waals surface area contributed by atoms with Gasteiger partial charge in [0.25, 0.3) is 5.91 Å². The van der Waals surface area contributed by atoms with Crippen LogP contribution in [0.1, 0.15) is 46.5 Å². The Labute approximate surface area is 191 Å². The lowest BCUT2D eigenvalue weighted by atomic mass is 9.92. The topological polar surface area (TPSA) is 64.9 Å². The summed E-state index contributed by atoms with van der Waals surface area (Å²) in [7, 11) is 0. The first-order valence-corrected chi connectivity index (χ1v) is 9.94. The van der Waals surface area contributed by atoms with Crippen LogP contribution in [0, 0.1) is 25.2 Å². The number of amides is 1. The summed E-state index contributed by atoms with van der Waals surface area (Å²) in [4.78, 5) is 12.9. The molecule has 2 N–H and O–H groups in total. The first-order valence-electron chi connectivity index (χ1n) is 9.94. The van der Waals surface area contributed by atoms with E-state index in [2.05, 4.69) is 16.7 Å². The Morgan fingerprint density at radius 1 is 0.941 bits per heavy atom. The molecule has 0 unspecified atom stereocenters. The molecule has 0 spiro atoms. The first kappa shape index (κ1) is 27.1. The van der Waals surface area contributed by atoms with Gasteiger partial charge in [-0.25, -0.2) is 4.39 Å². The van der Waals surface area contributed by atoms with Gasteiger partial charge in [0.2, 0.25) is 0 Å². The van der Waals surface area contributed by atoms with Crippen molar-refractivity contribution in [2.45, 2.75) is 57.8 Å². The van der Waals surface area contributed by atoms with Gasteiger partial charge in [-0.15, -0.1) is 0 Å². The van der Waals surface area contributed by atoms with Crippen molar-refractivity contribution in [1.82, 2.24) is 5.32 Å². The molecule has 0 bridgehead atoms. The highest BCUT2D eigenvalue weighted by molar-refractivity contribution is 6.05. The molecule has 0 aromatic heterocycles. The summed E-state index contributed by atoms with van der Waals surface area (Å²) in [6.45, 7) is 6.32. The van der Waals surface area contributed by atoms with Crippen molar-refractivity contribution in [3.05, 3.63) is 64.2 Å². The van der Waals surface area contributed by atoms with Crippen LogP contribution in [0.4, 0.5) is 36.4 Å². The van der Waals surface area contributed by atoms with Gasteiger partial charge in [-0.2, -0.15) is 31.6 Å². The minimum atomic E-state index is -6.23. The molecule has 0 radical (unpaired) electrons. The number of nitrogens with one attached hydrogen (secondary N) is 2. The number of anilines is 1. The predicted octanol–water partition coefficient (Wildman–Crippen LogP) is 6.24. The third-order valence-corrected chi connectivity index (χ3v) is 5.30. The van der Waals surface area contributed by atoms with E-state index >= 15 is 0 Å². The summed E-state index contributed by atoms with van der Waals surface area (Å²) in [6, 6.07) is 8.44. The summed E-state index contributed by atoms with van der Waals surface area (Å²) >= 11 is 0. The molecule has 0 fully saturated rings. The molecule has 0 atom stereocenters. The maximum Gasteiger partial charge on any atom is 0.435 e. The number of nitriles is 1. The predicted molar refractivity (Wildman–Crippen MR) is 112 cm³/mol. The Bertz CT molecular complexity index is 1100. The zero-order chi connectivity index (χ0) is 26.1. The standard InChI is InChI=1S/C23H22F7N3O/c1-13-6-5-7-16(17(13)11-32-20(3,4)12-31)19(34)33-18-9-8-15(10-14(18)2)21(24,22(25,26)27)23(28,29)30/h5-10,32H,11H2,1-4H3,(H,33,34). The number of carbonyl (C=O) groups is 1. The molecular weight excluding hydrogens is 467 g/mol. The number of hydrogen-bond acceptors (Lipinski definition) is 3. The molecule has 34 heavy (non-hydrogen) atoms. The van der Waals surface area contributed by atoms with E-state index in [4.69, 9.17) is 5.26 Å². The fourth-order valence-electron chi connectivity index (χ4n) is 3.19. The van der Waals surface area contributed by atoms with E-state index < -0.39 is 35.0 Å². The molecule has 0 aliphatic rings. The van der Waals surface area contributed by atoms with Gasteiger partial charge in [0.1, 0.15) is 5.54 Å². The lowest BCUT2D eigenvalue weighted by Gasteiger charge is -2.30. The second kappa shape index (κ2) is 9.25. The Morgan fingerprint density at radius 2 is 1.53 bits per heavy atom. The number of hydrogen-bond donors (Lipinski definition) is 2. The number of benzene rings is 2. The van der Waals surface area contributed by atoms with E-state index in [9.17, 15) is 35.5 Å². The summed E-state index contributed by atoms with van der Waals surface area (Å²) in [5, 5.41) is 14.6. The first-order chi connectivity index (χ1) is 15.4. The van der Waals surface area contributed by atoms with Gasteiger partial charge in [0, 0.05) is 23.4 Å². The Kier molecular flexibility index (Phi) is 7.38. The van der Waals surface area contributed by atoms with Crippen molar-refractivity contribution < 1.29 is 35.5 Å². The Balaban J connectivity index is 2.39. The second-order valence-corrected chi connectivity index (χ2v) is 8.33. The van der Waals surface area contributed by atoms with E-state index in [1.54, 1.807) is 32.9 Å². The number of nitrogens with zero attached hydrogens (tertiary/aromatic N) is 1. The average Bonchev–Trinajstić information content (AvgIpc) is 2.71. The third kappa shape index (κ3) is 5.33. The molecule has 1 amide bonds. The van der Waals surface area contributed by atoms with E-state index in [1.165, 1.54) is 6.07 Å². The van der Waals surface area contributed by atoms with Crippen LogP contribution >= 0.6 is 0 Å². The number of aryl methyl sites for hydroxylation is 2. The lowest BCUT2D eigenvalue weighted by molar-refractivity contribution is -0.348. The monoisotopic (exact) mass is 489 g/mol. The van der Waals surface area contributed by atoms with Gasteiger partial charge in [-0.05, 0) is 56.5 Å². The normalized spacial score (nSPS) is 12.9. The van der Waals surface area contributed by atoms with Gasteiger partial charge in [-0.1, -0.05) is 24.3 Å². The van der Waals surface area contributed by atoms with Crippen molar-refractivity contribution in [2.24, 2.45) is 0 Å². The number of carbonyl (C=O) groups excluding carboxylic acids is 1. The van der Waals surface area contributed by atoms with Crippen LogP contribution in [0.5, 0.6) is 0 Å². The molecule has 4 nitrogen and oxygen atoms in total. The van der Waals surface area contributed by atoms with Crippen LogP contribution in [0.25, 0.3) is 0 Å². The average molecular weight is 489 g/mol. The van der Waals surface area contributed by atoms with E-state index in [-0.39, 0.29) is 23.4 Å². The van der Waals surface area contributed by atoms with Gasteiger partial charge >= 0.3 is 18.0 Å². The second-order valence-electron chi connectivity index (χ2n) is 8.33. The molecule has 2 aromatic carbocycles. The maximum atomic E-state index is 14.3. The zero-order valence-electron chi connectivity index (χ0n) is 18.7.